The van der Waals surface area contributed by atoms with Crippen LogP contribution in [0.15, 0.2) is 24.3 Å². The van der Waals surface area contributed by atoms with Crippen LogP contribution in [0.1, 0.15) is 32.8 Å². The van der Waals surface area contributed by atoms with E-state index in [1.807, 2.05) is 13.8 Å². The molecule has 1 fully saturated rings. The van der Waals surface area contributed by atoms with Crippen LogP contribution in [-0.2, 0) is 11.2 Å². The number of hydrogen-bond acceptors (Lipinski definition) is 3. The van der Waals surface area contributed by atoms with Gasteiger partial charge in [0.25, 0.3) is 0 Å². The summed E-state index contributed by atoms with van der Waals surface area (Å²) in [5.74, 6) is 0.950. The van der Waals surface area contributed by atoms with E-state index in [-0.39, 0.29) is 6.10 Å². The molecule has 1 aliphatic rings. The van der Waals surface area contributed by atoms with Gasteiger partial charge in [0.2, 0.25) is 0 Å². The molecule has 2 atom stereocenters. The van der Waals surface area contributed by atoms with Gasteiger partial charge >= 0.3 is 0 Å². The van der Waals surface area contributed by atoms with Crippen molar-refractivity contribution in [3.8, 4) is 5.75 Å². The molecule has 1 aromatic carbocycles. The zero-order valence-electron chi connectivity index (χ0n) is 12.2. The molecule has 1 aliphatic heterocycles. The number of hydrogen-bond donors (Lipinski definition) is 1. The highest BCUT2D eigenvalue weighted by atomic mass is 16.5. The van der Waals surface area contributed by atoms with Gasteiger partial charge in [-0.2, -0.15) is 0 Å². The van der Waals surface area contributed by atoms with Gasteiger partial charge < -0.3 is 14.8 Å². The Bertz CT molecular complexity index is 375. The fraction of sp³-hybridized carbons (Fsp3) is 0.625. The molecule has 0 amide bonds. The van der Waals surface area contributed by atoms with Crippen LogP contribution in [0, 0.1) is 0 Å². The molecule has 3 heteroatoms. The van der Waals surface area contributed by atoms with Crippen molar-refractivity contribution in [3.63, 3.8) is 0 Å². The number of benzene rings is 1. The Morgan fingerprint density at radius 3 is 2.63 bits per heavy atom. The van der Waals surface area contributed by atoms with Crippen molar-refractivity contribution in [2.45, 2.75) is 51.8 Å². The van der Waals surface area contributed by atoms with Gasteiger partial charge in [-0.1, -0.05) is 12.1 Å². The predicted molar refractivity (Wildman–Crippen MR) is 77.7 cm³/mol. The minimum Gasteiger partial charge on any atom is -0.491 e. The highest BCUT2D eigenvalue weighted by Crippen LogP contribution is 2.16. The Kier molecular flexibility index (Phi) is 5.23. The van der Waals surface area contributed by atoms with Crippen LogP contribution in [0.5, 0.6) is 5.75 Å². The monoisotopic (exact) mass is 263 g/mol. The summed E-state index contributed by atoms with van der Waals surface area (Å²) in [5.41, 5.74) is 1.36. The van der Waals surface area contributed by atoms with Crippen LogP contribution in [0.4, 0.5) is 0 Å². The Labute approximate surface area is 116 Å². The van der Waals surface area contributed by atoms with Crippen LogP contribution in [0.25, 0.3) is 0 Å². The predicted octanol–water partition coefficient (Wildman–Crippen LogP) is 2.78. The molecule has 0 bridgehead atoms. The van der Waals surface area contributed by atoms with Gasteiger partial charge in [0.05, 0.1) is 19.3 Å². The molecule has 2 rings (SSSR count). The zero-order valence-corrected chi connectivity index (χ0v) is 12.2. The second-order valence-electron chi connectivity index (χ2n) is 5.65. The first-order chi connectivity index (χ1) is 9.13. The molecule has 1 N–H and O–H groups in total. The van der Waals surface area contributed by atoms with Crippen molar-refractivity contribution in [2.24, 2.45) is 0 Å². The highest BCUT2D eigenvalue weighted by Gasteiger charge is 2.17. The SMILES string of the molecule is CC1COCC(CCc2ccc(OC(C)C)cc2)N1. The van der Waals surface area contributed by atoms with E-state index in [1.54, 1.807) is 0 Å². The minimum absolute atomic E-state index is 0.232. The second kappa shape index (κ2) is 6.92. The van der Waals surface area contributed by atoms with Gasteiger partial charge in [0, 0.05) is 12.1 Å². The van der Waals surface area contributed by atoms with E-state index in [2.05, 4.69) is 36.5 Å². The molecule has 1 aromatic rings. The lowest BCUT2D eigenvalue weighted by Gasteiger charge is -2.29. The maximum absolute atomic E-state index is 5.65. The van der Waals surface area contributed by atoms with Crippen LogP contribution < -0.4 is 10.1 Å². The smallest absolute Gasteiger partial charge is 0.119 e. The summed E-state index contributed by atoms with van der Waals surface area (Å²) in [5, 5.41) is 3.57. The standard InChI is InChI=1S/C16H25NO2/c1-12(2)19-16-8-5-14(6-9-16)4-7-15-11-18-10-13(3)17-15/h5-6,8-9,12-13,15,17H,4,7,10-11H2,1-3H3. The molecule has 2 unspecified atom stereocenters. The quantitative estimate of drug-likeness (QED) is 0.886. The number of aryl methyl sites for hydroxylation is 1. The van der Waals surface area contributed by atoms with Crippen molar-refractivity contribution in [2.75, 3.05) is 13.2 Å². The molecule has 0 aliphatic carbocycles. The lowest BCUT2D eigenvalue weighted by Crippen LogP contribution is -2.47. The van der Waals surface area contributed by atoms with Gasteiger partial charge in [-0.3, -0.25) is 0 Å². The average molecular weight is 263 g/mol. The summed E-state index contributed by atoms with van der Waals surface area (Å²) >= 11 is 0. The molecule has 1 heterocycles. The number of nitrogens with one attached hydrogen (secondary N) is 1. The molecule has 0 aromatic heterocycles. The fourth-order valence-corrected chi connectivity index (χ4v) is 2.40. The Hall–Kier alpha value is -1.06. The van der Waals surface area contributed by atoms with E-state index in [0.717, 1.165) is 31.8 Å². The van der Waals surface area contributed by atoms with Gasteiger partial charge in [0.15, 0.2) is 0 Å². The summed E-state index contributed by atoms with van der Waals surface area (Å²) in [7, 11) is 0. The van der Waals surface area contributed by atoms with Crippen LogP contribution in [0.2, 0.25) is 0 Å². The van der Waals surface area contributed by atoms with Crippen LogP contribution in [-0.4, -0.2) is 31.4 Å². The number of morpholine rings is 1. The first kappa shape index (κ1) is 14.4. The number of rotatable bonds is 5. The molecule has 0 spiro atoms. The van der Waals surface area contributed by atoms with E-state index in [4.69, 9.17) is 9.47 Å². The Morgan fingerprint density at radius 2 is 2.00 bits per heavy atom. The first-order valence-electron chi connectivity index (χ1n) is 7.23. The zero-order chi connectivity index (χ0) is 13.7. The third-order valence-electron chi connectivity index (χ3n) is 3.28. The Morgan fingerprint density at radius 1 is 1.26 bits per heavy atom. The third-order valence-corrected chi connectivity index (χ3v) is 3.28. The highest BCUT2D eigenvalue weighted by molar-refractivity contribution is 5.27. The van der Waals surface area contributed by atoms with E-state index >= 15 is 0 Å². The minimum atomic E-state index is 0.232. The molecule has 1 saturated heterocycles. The third kappa shape index (κ3) is 4.84. The Balaban J connectivity index is 1.79. The van der Waals surface area contributed by atoms with Crippen LogP contribution in [0.3, 0.4) is 0 Å². The maximum Gasteiger partial charge on any atom is 0.119 e. The molecule has 0 radical (unpaired) electrons. The van der Waals surface area contributed by atoms with Gasteiger partial charge in [0.1, 0.15) is 5.75 Å². The van der Waals surface area contributed by atoms with Gasteiger partial charge in [-0.15, -0.1) is 0 Å². The average Bonchev–Trinajstić information content (AvgIpc) is 2.37. The lowest BCUT2D eigenvalue weighted by atomic mass is 10.0. The van der Waals surface area contributed by atoms with E-state index < -0.39 is 0 Å². The van der Waals surface area contributed by atoms with Crippen molar-refractivity contribution in [1.82, 2.24) is 5.32 Å². The normalized spacial score (nSPS) is 23.6. The van der Waals surface area contributed by atoms with Crippen molar-refractivity contribution < 1.29 is 9.47 Å². The first-order valence-corrected chi connectivity index (χ1v) is 7.23. The van der Waals surface area contributed by atoms with Gasteiger partial charge in [-0.25, -0.2) is 0 Å². The molecule has 19 heavy (non-hydrogen) atoms. The van der Waals surface area contributed by atoms with Crippen molar-refractivity contribution in [3.05, 3.63) is 29.8 Å². The van der Waals surface area contributed by atoms with E-state index in [0.29, 0.717) is 12.1 Å². The topological polar surface area (TPSA) is 30.5 Å². The summed E-state index contributed by atoms with van der Waals surface area (Å²) < 4.78 is 11.2. The van der Waals surface area contributed by atoms with E-state index in [1.165, 1.54) is 5.56 Å². The second-order valence-corrected chi connectivity index (χ2v) is 5.65. The molecular weight excluding hydrogens is 238 g/mol. The fourth-order valence-electron chi connectivity index (χ4n) is 2.40. The maximum atomic E-state index is 5.65. The molecule has 106 valence electrons. The van der Waals surface area contributed by atoms with Crippen molar-refractivity contribution >= 4 is 0 Å². The number of ether oxygens (including phenoxy) is 2. The summed E-state index contributed by atoms with van der Waals surface area (Å²) in [6.07, 6.45) is 2.43. The summed E-state index contributed by atoms with van der Waals surface area (Å²) in [6, 6.07) is 9.39. The summed E-state index contributed by atoms with van der Waals surface area (Å²) in [4.78, 5) is 0. The van der Waals surface area contributed by atoms with Crippen molar-refractivity contribution in [1.29, 1.82) is 0 Å². The molecule has 3 nitrogen and oxygen atoms in total. The molecule has 0 saturated carbocycles. The summed E-state index contributed by atoms with van der Waals surface area (Å²) in [6.45, 7) is 7.93. The molecular formula is C16H25NO2. The van der Waals surface area contributed by atoms with Gasteiger partial charge in [-0.05, 0) is 51.3 Å². The van der Waals surface area contributed by atoms with E-state index in [9.17, 15) is 0 Å². The largest absolute Gasteiger partial charge is 0.491 e. The lowest BCUT2D eigenvalue weighted by molar-refractivity contribution is 0.0483. The van der Waals surface area contributed by atoms with Crippen LogP contribution >= 0.6 is 0 Å².